The molecule has 4 heterocycles. The molecule has 0 aromatic carbocycles. The maximum absolute atomic E-state index is 13.6. The van der Waals surface area contributed by atoms with Gasteiger partial charge in [0.1, 0.15) is 0 Å². The molecule has 1 fully saturated rings. The van der Waals surface area contributed by atoms with Crippen molar-refractivity contribution in [1.82, 2.24) is 9.80 Å². The lowest BCUT2D eigenvalue weighted by atomic mass is 9.81. The van der Waals surface area contributed by atoms with E-state index in [1.54, 1.807) is 4.90 Å². The molecule has 1 saturated carbocycles. The second-order valence-electron chi connectivity index (χ2n) is 9.67. The van der Waals surface area contributed by atoms with Crippen molar-refractivity contribution in [2.24, 2.45) is 11.8 Å². The maximum atomic E-state index is 13.6. The molecule has 4 aliphatic heterocycles. The van der Waals surface area contributed by atoms with Crippen LogP contribution in [0.15, 0.2) is 58.2 Å². The number of nitrogens with zero attached hydrogens (tertiary/aromatic N) is 2. The van der Waals surface area contributed by atoms with Gasteiger partial charge < -0.3 is 0 Å². The van der Waals surface area contributed by atoms with Crippen LogP contribution in [0.1, 0.15) is 77.0 Å². The fourth-order valence-corrected chi connectivity index (χ4v) is 6.50. The summed E-state index contributed by atoms with van der Waals surface area (Å²) in [4.78, 5) is 30.9. The van der Waals surface area contributed by atoms with Crippen molar-refractivity contribution in [2.75, 3.05) is 0 Å². The Hall–Kier alpha value is -2.36. The predicted octanol–water partition coefficient (Wildman–Crippen LogP) is 5.47. The average molecular weight is 403 g/mol. The van der Waals surface area contributed by atoms with Crippen LogP contribution in [0.4, 0.5) is 0 Å². The summed E-state index contributed by atoms with van der Waals surface area (Å²) in [5, 5.41) is 0. The van der Waals surface area contributed by atoms with Crippen LogP contribution < -0.4 is 0 Å². The molecule has 2 atom stereocenters. The van der Waals surface area contributed by atoms with Gasteiger partial charge in [0.15, 0.2) is 0 Å². The molecule has 2 amide bonds. The molecule has 0 aromatic rings. The van der Waals surface area contributed by atoms with E-state index in [1.807, 2.05) is 17.3 Å². The summed E-state index contributed by atoms with van der Waals surface area (Å²) in [7, 11) is 0. The first-order valence-corrected chi connectivity index (χ1v) is 12.0. The van der Waals surface area contributed by atoms with Gasteiger partial charge in [0.05, 0.1) is 16.8 Å². The zero-order valence-electron chi connectivity index (χ0n) is 17.7. The van der Waals surface area contributed by atoms with Gasteiger partial charge in [0.25, 0.3) is 11.8 Å². The van der Waals surface area contributed by atoms with Crippen LogP contribution in [0.5, 0.6) is 0 Å². The Balaban J connectivity index is 1.52. The Morgan fingerprint density at radius 3 is 2.37 bits per heavy atom. The van der Waals surface area contributed by atoms with Crippen LogP contribution in [0, 0.1) is 11.8 Å². The third-order valence-corrected chi connectivity index (χ3v) is 7.98. The summed E-state index contributed by atoms with van der Waals surface area (Å²) < 4.78 is 0. The van der Waals surface area contributed by atoms with Gasteiger partial charge in [-0.1, -0.05) is 44.6 Å². The molecule has 0 saturated heterocycles. The summed E-state index contributed by atoms with van der Waals surface area (Å²) in [6.45, 7) is 0. The molecule has 4 nitrogen and oxygen atoms in total. The van der Waals surface area contributed by atoms with Gasteiger partial charge in [-0.3, -0.25) is 19.4 Å². The molecule has 0 aromatic heterocycles. The van der Waals surface area contributed by atoms with Crippen LogP contribution in [-0.4, -0.2) is 21.6 Å². The second-order valence-corrected chi connectivity index (χ2v) is 9.67. The first kappa shape index (κ1) is 18.4. The molecular formula is C26H30N2O2. The predicted molar refractivity (Wildman–Crippen MR) is 115 cm³/mol. The quantitative estimate of drug-likeness (QED) is 0.539. The highest BCUT2D eigenvalue weighted by molar-refractivity contribution is 6.21. The van der Waals surface area contributed by atoms with E-state index in [2.05, 4.69) is 12.2 Å². The lowest BCUT2D eigenvalue weighted by molar-refractivity contribution is -0.123. The number of carbonyl (C=O) groups excluding carboxylic acids is 2. The number of amides is 2. The number of allylic oxidation sites excluding steroid dienone is 5. The van der Waals surface area contributed by atoms with Crippen LogP contribution in [0.3, 0.4) is 0 Å². The van der Waals surface area contributed by atoms with Crippen molar-refractivity contribution in [3.05, 3.63) is 58.2 Å². The number of hydrogen-bond donors (Lipinski definition) is 0. The second kappa shape index (κ2) is 7.11. The Morgan fingerprint density at radius 1 is 0.733 bits per heavy atom. The van der Waals surface area contributed by atoms with Gasteiger partial charge in [-0.2, -0.15) is 0 Å². The number of fused-ring (bicyclic) bond motifs is 6. The van der Waals surface area contributed by atoms with Crippen LogP contribution >= 0.6 is 0 Å². The zero-order valence-corrected chi connectivity index (χ0v) is 17.7. The van der Waals surface area contributed by atoms with E-state index in [1.165, 1.54) is 62.5 Å². The van der Waals surface area contributed by atoms with Crippen molar-refractivity contribution < 1.29 is 9.59 Å². The standard InChI is InChI=1S/C26H30N2O2/c29-25-21-22(24-20-12-8-4-6-10-18(20)14-16-28(24)25)26(30)27-15-13-17-9-5-2-1-3-7-11-19(17)23(21)27/h13-16,18,20H,1-12H2/t18?,20-/m1/s1. The molecule has 6 aliphatic rings. The minimum absolute atomic E-state index is 0.0202. The SMILES string of the molecule is O=C1C2=C3[C@@H]4CCCCCC4C=CN3C(=O)C2=C2C3=C(C=CN12)CCCCCCC3. The first-order chi connectivity index (χ1) is 14.8. The Kier molecular flexibility index (Phi) is 4.36. The first-order valence-electron chi connectivity index (χ1n) is 12.0. The van der Waals surface area contributed by atoms with Crippen LogP contribution in [0.2, 0.25) is 0 Å². The van der Waals surface area contributed by atoms with Gasteiger partial charge >= 0.3 is 0 Å². The summed E-state index contributed by atoms with van der Waals surface area (Å²) in [6, 6.07) is 0. The van der Waals surface area contributed by atoms with E-state index in [0.717, 1.165) is 42.7 Å². The van der Waals surface area contributed by atoms with E-state index in [-0.39, 0.29) is 11.8 Å². The van der Waals surface area contributed by atoms with E-state index in [0.29, 0.717) is 17.4 Å². The van der Waals surface area contributed by atoms with Gasteiger partial charge in [-0.25, -0.2) is 0 Å². The van der Waals surface area contributed by atoms with Crippen molar-refractivity contribution in [3.63, 3.8) is 0 Å². The molecule has 156 valence electrons. The zero-order chi connectivity index (χ0) is 20.2. The Bertz CT molecular complexity index is 977. The van der Waals surface area contributed by atoms with Crippen LogP contribution in [-0.2, 0) is 9.59 Å². The molecule has 0 bridgehead atoms. The minimum Gasteiger partial charge on any atom is -0.287 e. The van der Waals surface area contributed by atoms with Gasteiger partial charge in [0.2, 0.25) is 0 Å². The Labute approximate surface area is 178 Å². The lowest BCUT2D eigenvalue weighted by Gasteiger charge is -2.34. The van der Waals surface area contributed by atoms with E-state index >= 15 is 0 Å². The number of hydrogen-bond acceptors (Lipinski definition) is 2. The molecule has 0 spiro atoms. The highest BCUT2D eigenvalue weighted by atomic mass is 16.2. The third-order valence-electron chi connectivity index (χ3n) is 7.98. The van der Waals surface area contributed by atoms with Crippen molar-refractivity contribution >= 4 is 11.8 Å². The number of carbonyl (C=O) groups is 2. The molecule has 2 aliphatic carbocycles. The van der Waals surface area contributed by atoms with E-state index in [9.17, 15) is 9.59 Å². The highest BCUT2D eigenvalue weighted by Crippen LogP contribution is 2.51. The van der Waals surface area contributed by atoms with Gasteiger partial charge in [0, 0.05) is 24.0 Å². The molecule has 30 heavy (non-hydrogen) atoms. The topological polar surface area (TPSA) is 40.6 Å². The van der Waals surface area contributed by atoms with Gasteiger partial charge in [-0.05, 0) is 61.7 Å². The normalized spacial score (nSPS) is 31.1. The van der Waals surface area contributed by atoms with E-state index in [4.69, 9.17) is 0 Å². The number of rotatable bonds is 0. The third kappa shape index (κ3) is 2.58. The smallest absolute Gasteiger partial charge is 0.265 e. The summed E-state index contributed by atoms with van der Waals surface area (Å²) in [5.41, 5.74) is 5.94. The molecular weight excluding hydrogens is 372 g/mol. The summed E-state index contributed by atoms with van der Waals surface area (Å²) in [5.74, 6) is 0.806. The Morgan fingerprint density at radius 2 is 1.47 bits per heavy atom. The lowest BCUT2D eigenvalue weighted by Crippen LogP contribution is -2.34. The largest absolute Gasteiger partial charge is 0.287 e. The summed E-state index contributed by atoms with van der Waals surface area (Å²) in [6.07, 6.45) is 22.4. The van der Waals surface area contributed by atoms with Crippen LogP contribution in [0.25, 0.3) is 0 Å². The molecule has 4 heteroatoms. The molecule has 1 unspecified atom stereocenters. The molecule has 6 rings (SSSR count). The molecule has 0 radical (unpaired) electrons. The average Bonchev–Trinajstić information content (AvgIpc) is 3.13. The summed E-state index contributed by atoms with van der Waals surface area (Å²) >= 11 is 0. The highest BCUT2D eigenvalue weighted by Gasteiger charge is 2.52. The van der Waals surface area contributed by atoms with Gasteiger partial charge in [-0.15, -0.1) is 0 Å². The maximum Gasteiger partial charge on any atom is 0.265 e. The van der Waals surface area contributed by atoms with E-state index < -0.39 is 0 Å². The monoisotopic (exact) mass is 402 g/mol. The van der Waals surface area contributed by atoms with Crippen molar-refractivity contribution in [2.45, 2.75) is 77.0 Å². The minimum atomic E-state index is 0.0202. The fourth-order valence-electron chi connectivity index (χ4n) is 6.50. The fraction of sp³-hybridized carbons (Fsp3) is 0.538. The van der Waals surface area contributed by atoms with Crippen molar-refractivity contribution in [1.29, 1.82) is 0 Å². The molecule has 0 N–H and O–H groups in total. The van der Waals surface area contributed by atoms with Crippen molar-refractivity contribution in [3.8, 4) is 0 Å².